The monoisotopic (exact) mass is 342 g/mol. The molecule has 0 bridgehead atoms. The van der Waals surface area contributed by atoms with Crippen LogP contribution in [0.1, 0.15) is 26.3 Å². The van der Waals surface area contributed by atoms with Gasteiger partial charge in [0.05, 0.1) is 27.1 Å². The zero-order chi connectivity index (χ0) is 18.4. The third-order valence-electron chi connectivity index (χ3n) is 4.34. The van der Waals surface area contributed by atoms with E-state index in [2.05, 4.69) is 5.92 Å². The summed E-state index contributed by atoms with van der Waals surface area (Å²) in [6.45, 7) is 0. The number of nitro groups is 1. The summed E-state index contributed by atoms with van der Waals surface area (Å²) < 4.78 is 0. The Balaban J connectivity index is 1.99. The molecule has 0 unspecified atom stereocenters. The first kappa shape index (κ1) is 15.5. The van der Waals surface area contributed by atoms with Crippen LogP contribution in [0.25, 0.3) is 10.8 Å². The van der Waals surface area contributed by atoms with Crippen molar-refractivity contribution in [3.8, 4) is 12.3 Å². The van der Waals surface area contributed by atoms with Crippen molar-refractivity contribution in [1.82, 2.24) is 0 Å². The second-order valence-corrected chi connectivity index (χ2v) is 5.76. The van der Waals surface area contributed by atoms with Crippen molar-refractivity contribution in [2.24, 2.45) is 0 Å². The number of non-ortho nitro benzene ring substituents is 1. The third-order valence-corrected chi connectivity index (χ3v) is 4.34. The van der Waals surface area contributed by atoms with Crippen LogP contribution in [-0.2, 0) is 0 Å². The molecule has 3 aromatic carbocycles. The smallest absolute Gasteiger partial charge is 0.268 e. The predicted octanol–water partition coefficient (Wildman–Crippen LogP) is 3.53. The summed E-state index contributed by atoms with van der Waals surface area (Å²) in [6.07, 6.45) is 5.39. The number of carbonyl (C=O) groups is 2. The van der Waals surface area contributed by atoms with Gasteiger partial charge in [0.2, 0.25) is 0 Å². The van der Waals surface area contributed by atoms with Gasteiger partial charge in [-0.3, -0.25) is 19.7 Å². The van der Waals surface area contributed by atoms with Crippen LogP contribution in [0.3, 0.4) is 0 Å². The Bertz CT molecular complexity index is 1170. The lowest BCUT2D eigenvalue weighted by Crippen LogP contribution is -2.29. The summed E-state index contributed by atoms with van der Waals surface area (Å²) in [5.41, 5.74) is 0.835. The SMILES string of the molecule is C#Cc1cccc(N2C(=O)c3cc([N+](=O)[O-])c4ccccc4c3C2=O)c1. The van der Waals surface area contributed by atoms with Gasteiger partial charge >= 0.3 is 0 Å². The Kier molecular flexibility index (Phi) is 3.31. The molecule has 0 fully saturated rings. The lowest BCUT2D eigenvalue weighted by Gasteiger charge is -2.14. The number of terminal acetylenes is 1. The number of carbonyl (C=O) groups excluding carboxylic acids is 2. The molecule has 124 valence electrons. The summed E-state index contributed by atoms with van der Waals surface area (Å²) in [5.74, 6) is 1.33. The molecule has 0 spiro atoms. The summed E-state index contributed by atoms with van der Waals surface area (Å²) in [6, 6.07) is 14.1. The molecule has 0 aromatic heterocycles. The number of hydrogen-bond donors (Lipinski definition) is 0. The first-order chi connectivity index (χ1) is 12.5. The van der Waals surface area contributed by atoms with Gasteiger partial charge in [-0.2, -0.15) is 0 Å². The molecule has 4 rings (SSSR count). The average Bonchev–Trinajstić information content (AvgIpc) is 2.91. The molecule has 1 aliphatic rings. The number of hydrogen-bond acceptors (Lipinski definition) is 4. The number of anilines is 1. The Labute approximate surface area is 147 Å². The van der Waals surface area contributed by atoms with E-state index >= 15 is 0 Å². The molecule has 0 N–H and O–H groups in total. The Morgan fingerprint density at radius 3 is 2.38 bits per heavy atom. The number of amides is 2. The lowest BCUT2D eigenvalue weighted by molar-refractivity contribution is -0.383. The average molecular weight is 342 g/mol. The van der Waals surface area contributed by atoms with Gasteiger partial charge in [0.1, 0.15) is 0 Å². The van der Waals surface area contributed by atoms with Crippen molar-refractivity contribution < 1.29 is 14.5 Å². The maximum atomic E-state index is 13.0. The van der Waals surface area contributed by atoms with E-state index < -0.39 is 16.7 Å². The Morgan fingerprint density at radius 2 is 1.69 bits per heavy atom. The van der Waals surface area contributed by atoms with Crippen LogP contribution >= 0.6 is 0 Å². The van der Waals surface area contributed by atoms with E-state index in [1.54, 1.807) is 48.5 Å². The first-order valence-corrected chi connectivity index (χ1v) is 7.68. The van der Waals surface area contributed by atoms with Crippen LogP contribution < -0.4 is 4.90 Å². The molecule has 3 aromatic rings. The fraction of sp³-hybridized carbons (Fsp3) is 0. The molecule has 0 saturated carbocycles. The van der Waals surface area contributed by atoms with Crippen molar-refractivity contribution >= 4 is 34.0 Å². The Morgan fingerprint density at radius 1 is 0.962 bits per heavy atom. The fourth-order valence-electron chi connectivity index (χ4n) is 3.20. The molecular weight excluding hydrogens is 332 g/mol. The van der Waals surface area contributed by atoms with Gasteiger partial charge < -0.3 is 0 Å². The van der Waals surface area contributed by atoms with Crippen LogP contribution in [0.4, 0.5) is 11.4 Å². The minimum absolute atomic E-state index is 0.0199. The summed E-state index contributed by atoms with van der Waals surface area (Å²) in [7, 11) is 0. The standard InChI is InChI=1S/C20H10N2O4/c1-2-12-6-5-7-13(10-12)21-19(23)16-11-17(22(25)26)14-8-3-4-9-15(14)18(16)20(21)24/h1,3-11H. The minimum Gasteiger partial charge on any atom is -0.268 e. The maximum absolute atomic E-state index is 13.0. The second kappa shape index (κ2) is 5.53. The van der Waals surface area contributed by atoms with E-state index in [9.17, 15) is 19.7 Å². The van der Waals surface area contributed by atoms with E-state index in [0.29, 0.717) is 22.0 Å². The lowest BCUT2D eigenvalue weighted by atomic mass is 9.99. The highest BCUT2D eigenvalue weighted by molar-refractivity contribution is 6.38. The number of nitro benzene ring substituents is 1. The van der Waals surface area contributed by atoms with Crippen LogP contribution in [0.5, 0.6) is 0 Å². The molecule has 0 saturated heterocycles. The van der Waals surface area contributed by atoms with Gasteiger partial charge in [0.15, 0.2) is 0 Å². The van der Waals surface area contributed by atoms with Gasteiger partial charge in [-0.1, -0.05) is 30.2 Å². The maximum Gasteiger partial charge on any atom is 0.278 e. The molecule has 0 atom stereocenters. The van der Waals surface area contributed by atoms with E-state index in [0.717, 1.165) is 4.90 Å². The zero-order valence-corrected chi connectivity index (χ0v) is 13.3. The summed E-state index contributed by atoms with van der Waals surface area (Å²) >= 11 is 0. The van der Waals surface area contributed by atoms with Gasteiger partial charge in [0.25, 0.3) is 17.5 Å². The Hall–Kier alpha value is -3.98. The summed E-state index contributed by atoms with van der Waals surface area (Å²) in [4.78, 5) is 37.7. The normalized spacial score (nSPS) is 13.0. The minimum atomic E-state index is -0.604. The van der Waals surface area contributed by atoms with Crippen molar-refractivity contribution in [1.29, 1.82) is 0 Å². The molecule has 6 nitrogen and oxygen atoms in total. The van der Waals surface area contributed by atoms with Gasteiger partial charge in [-0.05, 0) is 24.3 Å². The molecule has 2 amide bonds. The quantitative estimate of drug-likeness (QED) is 0.309. The highest BCUT2D eigenvalue weighted by atomic mass is 16.6. The number of nitrogens with zero attached hydrogens (tertiary/aromatic N) is 2. The van der Waals surface area contributed by atoms with E-state index in [1.807, 2.05) is 0 Å². The van der Waals surface area contributed by atoms with E-state index in [4.69, 9.17) is 6.42 Å². The summed E-state index contributed by atoms with van der Waals surface area (Å²) in [5, 5.41) is 12.1. The van der Waals surface area contributed by atoms with Gasteiger partial charge in [-0.15, -0.1) is 6.42 Å². The number of rotatable bonds is 2. The van der Waals surface area contributed by atoms with Crippen molar-refractivity contribution in [3.63, 3.8) is 0 Å². The second-order valence-electron chi connectivity index (χ2n) is 5.76. The third kappa shape index (κ3) is 2.08. The van der Waals surface area contributed by atoms with E-state index in [1.165, 1.54) is 6.07 Å². The van der Waals surface area contributed by atoms with Crippen LogP contribution in [-0.4, -0.2) is 16.7 Å². The van der Waals surface area contributed by atoms with Crippen molar-refractivity contribution in [2.45, 2.75) is 0 Å². The fourth-order valence-corrected chi connectivity index (χ4v) is 3.20. The molecular formula is C20H10N2O4. The molecule has 1 heterocycles. The molecule has 0 radical (unpaired) electrons. The highest BCUT2D eigenvalue weighted by Gasteiger charge is 2.40. The predicted molar refractivity (Wildman–Crippen MR) is 96.1 cm³/mol. The molecule has 26 heavy (non-hydrogen) atoms. The van der Waals surface area contributed by atoms with Crippen LogP contribution in [0.2, 0.25) is 0 Å². The first-order valence-electron chi connectivity index (χ1n) is 7.68. The topological polar surface area (TPSA) is 80.5 Å². The molecule has 6 heteroatoms. The zero-order valence-electron chi connectivity index (χ0n) is 13.3. The number of imide groups is 1. The van der Waals surface area contributed by atoms with Gasteiger partial charge in [0, 0.05) is 17.0 Å². The van der Waals surface area contributed by atoms with Crippen LogP contribution in [0, 0.1) is 22.5 Å². The van der Waals surface area contributed by atoms with E-state index in [-0.39, 0.29) is 16.8 Å². The number of fused-ring (bicyclic) bond motifs is 3. The molecule has 0 aliphatic carbocycles. The van der Waals surface area contributed by atoms with Crippen molar-refractivity contribution in [2.75, 3.05) is 4.90 Å². The number of benzene rings is 3. The largest absolute Gasteiger partial charge is 0.278 e. The van der Waals surface area contributed by atoms with Gasteiger partial charge in [-0.25, -0.2) is 4.90 Å². The molecule has 1 aliphatic heterocycles. The highest BCUT2D eigenvalue weighted by Crippen LogP contribution is 2.38. The van der Waals surface area contributed by atoms with Crippen LogP contribution in [0.15, 0.2) is 54.6 Å². The van der Waals surface area contributed by atoms with Crippen molar-refractivity contribution in [3.05, 3.63) is 81.4 Å².